The van der Waals surface area contributed by atoms with E-state index in [2.05, 4.69) is 4.98 Å². The summed E-state index contributed by atoms with van der Waals surface area (Å²) in [6.45, 7) is -1.52. The van der Waals surface area contributed by atoms with Gasteiger partial charge in [-0.2, -0.15) is 17.4 Å². The van der Waals surface area contributed by atoms with Crippen LogP contribution in [-0.4, -0.2) is 84.0 Å². The van der Waals surface area contributed by atoms with Crippen LogP contribution in [0.25, 0.3) is 11.5 Å². The molecule has 0 saturated carbocycles. The lowest BCUT2D eigenvalue weighted by atomic mass is 9.97. The second kappa shape index (κ2) is 11.9. The number of carbonyl (C=O) groups excluding carboxylic acids is 1. The summed E-state index contributed by atoms with van der Waals surface area (Å²) in [5.41, 5.74) is 0.0525. The molecule has 0 radical (unpaired) electrons. The van der Waals surface area contributed by atoms with Crippen molar-refractivity contribution >= 4 is 16.1 Å². The highest BCUT2D eigenvalue weighted by Crippen LogP contribution is 2.37. The number of halogens is 3. The van der Waals surface area contributed by atoms with Crippen LogP contribution in [0.3, 0.4) is 0 Å². The van der Waals surface area contributed by atoms with Gasteiger partial charge in [-0.1, -0.05) is 18.6 Å². The summed E-state index contributed by atoms with van der Waals surface area (Å²) in [5, 5.41) is 18.1. The summed E-state index contributed by atoms with van der Waals surface area (Å²) in [7, 11) is -1.97. The molecule has 1 amide bonds. The number of alkyl halides is 2. The molecule has 2 aromatic rings. The number of carbonyl (C=O) groups is 1. The van der Waals surface area contributed by atoms with Crippen LogP contribution >= 0.6 is 0 Å². The topological polar surface area (TPSA) is 136 Å². The molecule has 2 atom stereocenters. The van der Waals surface area contributed by atoms with Crippen LogP contribution in [0.5, 0.6) is 0 Å². The Morgan fingerprint density at radius 1 is 1.27 bits per heavy atom. The number of oxazole rings is 1. The SMILES string of the molecule is CN(C)S(=O)(=O)N[C@@H]1[C@H](Cc2cccc(-c3nc(CO)co3)c2F)N(C(=O)CCCCCO)CC1(F)F. The Kier molecular flexibility index (Phi) is 9.34. The summed E-state index contributed by atoms with van der Waals surface area (Å²) in [5.74, 6) is -5.19. The van der Waals surface area contributed by atoms with Crippen LogP contribution in [0, 0.1) is 5.82 Å². The van der Waals surface area contributed by atoms with Gasteiger partial charge in [0.25, 0.3) is 16.1 Å². The molecule has 1 aliphatic heterocycles. The van der Waals surface area contributed by atoms with Crippen molar-refractivity contribution in [3.05, 3.63) is 41.5 Å². The van der Waals surface area contributed by atoms with Crippen molar-refractivity contribution in [1.82, 2.24) is 18.9 Å². The van der Waals surface area contributed by atoms with E-state index in [4.69, 9.17) is 9.52 Å². The molecule has 37 heavy (non-hydrogen) atoms. The smallest absolute Gasteiger partial charge is 0.283 e. The average Bonchev–Trinajstić information content (AvgIpc) is 3.41. The van der Waals surface area contributed by atoms with E-state index in [1.54, 1.807) is 0 Å². The minimum absolute atomic E-state index is 0.0453. The van der Waals surface area contributed by atoms with Crippen LogP contribution in [0.15, 0.2) is 28.9 Å². The number of unbranched alkanes of at least 4 members (excludes halogenated alkanes) is 2. The number of hydrogen-bond acceptors (Lipinski definition) is 7. The summed E-state index contributed by atoms with van der Waals surface area (Å²) >= 11 is 0. The lowest BCUT2D eigenvalue weighted by Gasteiger charge is -2.29. The van der Waals surface area contributed by atoms with Gasteiger partial charge in [0.05, 0.1) is 24.8 Å². The number of benzene rings is 1. The van der Waals surface area contributed by atoms with Crippen LogP contribution in [0.4, 0.5) is 13.2 Å². The van der Waals surface area contributed by atoms with Gasteiger partial charge in [-0.15, -0.1) is 0 Å². The summed E-state index contributed by atoms with van der Waals surface area (Å²) in [4.78, 5) is 17.8. The molecule has 10 nitrogen and oxygen atoms in total. The highest BCUT2D eigenvalue weighted by Gasteiger charge is 2.57. The van der Waals surface area contributed by atoms with Gasteiger partial charge in [0, 0.05) is 27.1 Å². The maximum absolute atomic E-state index is 15.5. The highest BCUT2D eigenvalue weighted by atomic mass is 32.2. The lowest BCUT2D eigenvalue weighted by Crippen LogP contribution is -2.54. The first-order valence-electron chi connectivity index (χ1n) is 11.7. The zero-order valence-corrected chi connectivity index (χ0v) is 21.3. The number of aliphatic hydroxyl groups excluding tert-OH is 2. The van der Waals surface area contributed by atoms with Crippen LogP contribution in [0.1, 0.15) is 36.9 Å². The first-order valence-corrected chi connectivity index (χ1v) is 13.2. The van der Waals surface area contributed by atoms with Gasteiger partial charge in [0.2, 0.25) is 11.8 Å². The molecule has 3 rings (SSSR count). The quantitative estimate of drug-likeness (QED) is 0.344. The Bertz CT molecular complexity index is 1190. The van der Waals surface area contributed by atoms with Gasteiger partial charge in [-0.3, -0.25) is 4.79 Å². The van der Waals surface area contributed by atoms with Crippen LogP contribution < -0.4 is 4.72 Å². The summed E-state index contributed by atoms with van der Waals surface area (Å²) < 4.78 is 78.7. The number of likely N-dealkylation sites (tertiary alicyclic amines) is 1. The molecule has 1 aromatic carbocycles. The van der Waals surface area contributed by atoms with Crippen molar-refractivity contribution in [3.63, 3.8) is 0 Å². The molecular formula is C23H31F3N4O6S. The first-order chi connectivity index (χ1) is 17.4. The molecule has 206 valence electrons. The van der Waals surface area contributed by atoms with E-state index in [9.17, 15) is 18.3 Å². The Labute approximate surface area is 213 Å². The molecule has 1 aromatic heterocycles. The van der Waals surface area contributed by atoms with E-state index in [-0.39, 0.29) is 35.7 Å². The van der Waals surface area contributed by atoms with Gasteiger partial charge in [0.15, 0.2) is 0 Å². The van der Waals surface area contributed by atoms with Crippen molar-refractivity contribution in [2.75, 3.05) is 27.2 Å². The maximum Gasteiger partial charge on any atom is 0.283 e. The van der Waals surface area contributed by atoms with E-state index in [0.717, 1.165) is 15.5 Å². The molecule has 0 bridgehead atoms. The van der Waals surface area contributed by atoms with E-state index in [1.807, 2.05) is 4.72 Å². The lowest BCUT2D eigenvalue weighted by molar-refractivity contribution is -0.133. The Morgan fingerprint density at radius 3 is 2.62 bits per heavy atom. The first kappa shape index (κ1) is 29.0. The number of rotatable bonds is 12. The summed E-state index contributed by atoms with van der Waals surface area (Å²) in [6, 6.07) is 0.784. The molecule has 14 heteroatoms. The fourth-order valence-electron chi connectivity index (χ4n) is 4.18. The Morgan fingerprint density at radius 2 is 2.00 bits per heavy atom. The van der Waals surface area contributed by atoms with Crippen molar-refractivity contribution < 1.29 is 41.0 Å². The van der Waals surface area contributed by atoms with Crippen molar-refractivity contribution in [1.29, 1.82) is 0 Å². The molecule has 1 aliphatic rings. The van der Waals surface area contributed by atoms with Gasteiger partial charge >= 0.3 is 0 Å². The molecular weight excluding hydrogens is 517 g/mol. The monoisotopic (exact) mass is 548 g/mol. The standard InChI is InChI=1S/C23H31F3N4O6S/c1-29(2)37(34,35)28-21-18(30(14-23(21,25)26)19(33)9-4-3-5-10-31)11-15-7-6-8-17(20(15)24)22-27-16(12-32)13-36-22/h6-8,13,18,21,28,31-32H,3-5,9-12,14H2,1-2H3/t18-,21+/m0/s1. The van der Waals surface area contributed by atoms with Gasteiger partial charge in [-0.05, 0) is 30.9 Å². The largest absolute Gasteiger partial charge is 0.444 e. The normalized spacial score (nSPS) is 19.6. The Balaban J connectivity index is 1.96. The predicted molar refractivity (Wildman–Crippen MR) is 127 cm³/mol. The van der Waals surface area contributed by atoms with Gasteiger partial charge < -0.3 is 19.5 Å². The molecule has 1 fully saturated rings. The minimum Gasteiger partial charge on any atom is -0.444 e. The van der Waals surface area contributed by atoms with Crippen molar-refractivity contribution in [2.24, 2.45) is 0 Å². The van der Waals surface area contributed by atoms with Crippen LogP contribution in [0.2, 0.25) is 0 Å². The minimum atomic E-state index is -4.32. The predicted octanol–water partition coefficient (Wildman–Crippen LogP) is 1.68. The average molecular weight is 549 g/mol. The van der Waals surface area contributed by atoms with Crippen LogP contribution in [-0.2, 0) is 28.0 Å². The second-order valence-corrected chi connectivity index (χ2v) is 11.0. The van der Waals surface area contributed by atoms with E-state index >= 15 is 13.2 Å². The second-order valence-electron chi connectivity index (χ2n) is 9.05. The van der Waals surface area contributed by atoms with Crippen molar-refractivity contribution in [3.8, 4) is 11.5 Å². The summed E-state index contributed by atoms with van der Waals surface area (Å²) in [6.07, 6.45) is 1.98. The highest BCUT2D eigenvalue weighted by molar-refractivity contribution is 7.87. The number of hydrogen-bond donors (Lipinski definition) is 3. The third kappa shape index (κ3) is 6.68. The molecule has 2 heterocycles. The molecule has 0 aliphatic carbocycles. The zero-order chi connectivity index (χ0) is 27.4. The van der Waals surface area contributed by atoms with Gasteiger partial charge in [0.1, 0.15) is 23.8 Å². The zero-order valence-electron chi connectivity index (χ0n) is 20.5. The molecule has 3 N–H and O–H groups in total. The fourth-order valence-corrected chi connectivity index (χ4v) is 5.04. The number of nitrogens with one attached hydrogen (secondary N) is 1. The number of aromatic nitrogens is 1. The molecule has 0 unspecified atom stereocenters. The third-order valence-corrected chi connectivity index (χ3v) is 7.71. The number of nitrogens with zero attached hydrogens (tertiary/aromatic N) is 3. The van der Waals surface area contributed by atoms with E-state index < -0.39 is 59.5 Å². The number of aliphatic hydroxyl groups is 2. The Hall–Kier alpha value is -2.52. The molecule has 1 saturated heterocycles. The van der Waals surface area contributed by atoms with E-state index in [1.165, 1.54) is 32.3 Å². The maximum atomic E-state index is 15.5. The number of amides is 1. The third-order valence-electron chi connectivity index (χ3n) is 6.20. The van der Waals surface area contributed by atoms with Gasteiger partial charge in [-0.25, -0.2) is 18.2 Å². The fraction of sp³-hybridized carbons (Fsp3) is 0.565. The molecule has 0 spiro atoms. The van der Waals surface area contributed by atoms with Crippen molar-refractivity contribution in [2.45, 2.75) is 56.7 Å². The van der Waals surface area contributed by atoms with E-state index in [0.29, 0.717) is 19.3 Å².